The van der Waals surface area contributed by atoms with Crippen molar-refractivity contribution in [2.45, 2.75) is 77.5 Å². The van der Waals surface area contributed by atoms with E-state index in [1.807, 2.05) is 0 Å². The first-order valence-electron chi connectivity index (χ1n) is 18.8. The van der Waals surface area contributed by atoms with Gasteiger partial charge in [-0.05, 0) is 26.0 Å². The van der Waals surface area contributed by atoms with Gasteiger partial charge >= 0.3 is 52.9 Å². The maximum absolute atomic E-state index is 13.5. The Kier molecular flexibility index (Phi) is 22.6. The van der Waals surface area contributed by atoms with Gasteiger partial charge in [-0.1, -0.05) is 43.1 Å². The van der Waals surface area contributed by atoms with Crippen molar-refractivity contribution in [3.8, 4) is 0 Å². The Morgan fingerprint density at radius 1 is 0.565 bits per heavy atom. The zero-order chi connectivity index (χ0) is 46.4. The predicted molar refractivity (Wildman–Crippen MR) is 214 cm³/mol. The van der Waals surface area contributed by atoms with E-state index in [0.717, 1.165) is 11.8 Å². The molecule has 2 aromatic rings. The smallest absolute Gasteiger partial charge is 0.338 e. The first-order valence-corrected chi connectivity index (χ1v) is 19.8. The Bertz CT molecular complexity index is 2000. The van der Waals surface area contributed by atoms with Crippen molar-refractivity contribution >= 4 is 52.7 Å². The number of aromatic nitrogens is 3. The molecule has 1 aromatic carbocycles. The summed E-state index contributed by atoms with van der Waals surface area (Å²) in [5.74, 6) is -4.76. The first kappa shape index (κ1) is 52.0. The SMILES string of the molecule is C=C(C)C(=O)OCCOC(=O)CCC(=O)OCC(O)Cn1c(=O)n(CC(O)COC(=O)CCC(=O)SCCOC(=O)C(=C)C)c(=O)n(CC(O)COC(=O)c2ccccc2)c1=O. The summed E-state index contributed by atoms with van der Waals surface area (Å²) >= 11 is 0.807. The van der Waals surface area contributed by atoms with E-state index in [0.29, 0.717) is 13.7 Å². The molecule has 0 bridgehead atoms. The largest absolute Gasteiger partial charge is 0.463 e. The van der Waals surface area contributed by atoms with Crippen molar-refractivity contribution in [3.05, 3.63) is 91.7 Å². The summed E-state index contributed by atoms with van der Waals surface area (Å²) in [6.07, 6.45) is -6.86. The highest BCUT2D eigenvalue weighted by Gasteiger charge is 2.24. The second kappa shape index (κ2) is 26.9. The fourth-order valence-electron chi connectivity index (χ4n) is 4.67. The van der Waals surface area contributed by atoms with E-state index in [2.05, 4.69) is 13.2 Å². The van der Waals surface area contributed by atoms with Crippen LogP contribution in [0.4, 0.5) is 0 Å². The third-order valence-electron chi connectivity index (χ3n) is 7.78. The van der Waals surface area contributed by atoms with Crippen molar-refractivity contribution in [2.24, 2.45) is 0 Å². The molecule has 0 spiro atoms. The average molecular weight is 896 g/mol. The number of hydrogen-bond acceptors (Lipinski definition) is 20. The van der Waals surface area contributed by atoms with Crippen LogP contribution in [-0.2, 0) is 76.8 Å². The highest BCUT2D eigenvalue weighted by molar-refractivity contribution is 8.13. The monoisotopic (exact) mass is 895 g/mol. The molecule has 0 amide bonds. The van der Waals surface area contributed by atoms with Crippen LogP contribution in [0.3, 0.4) is 0 Å². The van der Waals surface area contributed by atoms with Crippen LogP contribution in [0.1, 0.15) is 49.9 Å². The summed E-state index contributed by atoms with van der Waals surface area (Å²) < 4.78 is 30.5. The molecule has 0 aliphatic rings. The van der Waals surface area contributed by atoms with E-state index in [4.69, 9.17) is 28.4 Å². The number of aliphatic hydroxyl groups excluding tert-OH is 3. The number of carbonyl (C=O) groups excluding carboxylic acids is 7. The van der Waals surface area contributed by atoms with Crippen molar-refractivity contribution in [1.82, 2.24) is 13.7 Å². The molecule has 0 saturated heterocycles. The number of nitrogens with zero attached hydrogens (tertiary/aromatic N) is 3. The lowest BCUT2D eigenvalue weighted by Gasteiger charge is -2.19. The molecular weight excluding hydrogens is 846 g/mol. The van der Waals surface area contributed by atoms with Crippen LogP contribution < -0.4 is 17.1 Å². The highest BCUT2D eigenvalue weighted by Crippen LogP contribution is 2.09. The Morgan fingerprint density at radius 3 is 1.40 bits per heavy atom. The van der Waals surface area contributed by atoms with Gasteiger partial charge in [-0.2, -0.15) is 0 Å². The molecule has 3 atom stereocenters. The van der Waals surface area contributed by atoms with Gasteiger partial charge in [0.15, 0.2) is 5.12 Å². The van der Waals surface area contributed by atoms with Crippen molar-refractivity contribution < 1.29 is 77.3 Å². The lowest BCUT2D eigenvalue weighted by atomic mass is 10.2. The van der Waals surface area contributed by atoms with Crippen LogP contribution >= 0.6 is 11.8 Å². The Labute approximate surface area is 357 Å². The minimum Gasteiger partial charge on any atom is -0.463 e. The third-order valence-corrected chi connectivity index (χ3v) is 8.67. The maximum atomic E-state index is 13.5. The molecule has 0 aliphatic heterocycles. The Balaban J connectivity index is 2.10. The van der Waals surface area contributed by atoms with E-state index in [9.17, 15) is 63.3 Å². The summed E-state index contributed by atoms with van der Waals surface area (Å²) in [7, 11) is 0. The molecule has 1 aromatic heterocycles. The molecule has 2 rings (SSSR count). The molecule has 0 radical (unpaired) electrons. The number of ether oxygens (including phenoxy) is 6. The topological polar surface area (TPSA) is 302 Å². The lowest BCUT2D eigenvalue weighted by molar-refractivity contribution is -0.154. The standard InChI is InChI=1S/C39H49N3O19S/c1-24(2)34(50)57-15-14-56-30(46)10-11-31(47)59-21-27(43)18-40-37(53)41(19-28(44)22-60-32(48)12-13-33(49)62-17-16-58-35(51)25(3)4)39(55)42(38(40)54)20-29(45)23-61-36(52)26-8-6-5-7-9-26/h5-9,27-29,43-45H,1,3,10-23H2,2,4H3. The zero-order valence-corrected chi connectivity index (χ0v) is 34.9. The van der Waals surface area contributed by atoms with Gasteiger partial charge < -0.3 is 43.7 Å². The number of hydrogen-bond donors (Lipinski definition) is 3. The first-order chi connectivity index (χ1) is 29.3. The van der Waals surface area contributed by atoms with Gasteiger partial charge in [-0.15, -0.1) is 0 Å². The summed E-state index contributed by atoms with van der Waals surface area (Å²) in [4.78, 5) is 124. The van der Waals surface area contributed by atoms with E-state index in [1.165, 1.54) is 26.0 Å². The molecule has 0 saturated carbocycles. The predicted octanol–water partition coefficient (Wildman–Crippen LogP) is -1.20. The number of aliphatic hydroxyl groups is 3. The number of carbonyl (C=O) groups is 7. The molecule has 0 fully saturated rings. The highest BCUT2D eigenvalue weighted by atomic mass is 32.2. The summed E-state index contributed by atoms with van der Waals surface area (Å²) in [6, 6.07) is 7.66. The summed E-state index contributed by atoms with van der Waals surface area (Å²) in [6.45, 7) is 4.16. The van der Waals surface area contributed by atoms with E-state index < -0.39 is 135 Å². The van der Waals surface area contributed by atoms with Crippen LogP contribution in [0.15, 0.2) is 69.0 Å². The summed E-state index contributed by atoms with van der Waals surface area (Å²) in [5.41, 5.74) is -3.61. The minimum absolute atomic E-state index is 0.0688. The van der Waals surface area contributed by atoms with Crippen LogP contribution in [-0.4, -0.2) is 134 Å². The number of esters is 6. The van der Waals surface area contributed by atoms with Crippen LogP contribution in [0.25, 0.3) is 0 Å². The number of rotatable bonds is 27. The molecule has 3 unspecified atom stereocenters. The van der Waals surface area contributed by atoms with Gasteiger partial charge in [-0.25, -0.2) is 42.5 Å². The quantitative estimate of drug-likeness (QED) is 0.0411. The molecule has 0 aliphatic carbocycles. The van der Waals surface area contributed by atoms with Gasteiger partial charge in [-0.3, -0.25) is 19.2 Å². The van der Waals surface area contributed by atoms with E-state index in [1.54, 1.807) is 18.2 Å². The van der Waals surface area contributed by atoms with Gasteiger partial charge in [0.25, 0.3) is 0 Å². The van der Waals surface area contributed by atoms with Crippen molar-refractivity contribution in [2.75, 3.05) is 45.4 Å². The zero-order valence-electron chi connectivity index (χ0n) is 34.1. The van der Waals surface area contributed by atoms with Crippen LogP contribution in [0.5, 0.6) is 0 Å². The minimum atomic E-state index is -1.77. The van der Waals surface area contributed by atoms with Crippen LogP contribution in [0, 0.1) is 0 Å². The second-order valence-corrected chi connectivity index (χ2v) is 14.4. The number of benzene rings is 1. The molecule has 1 heterocycles. The third kappa shape index (κ3) is 19.0. The fourth-order valence-corrected chi connectivity index (χ4v) is 5.31. The second-order valence-electron chi connectivity index (χ2n) is 13.2. The van der Waals surface area contributed by atoms with Gasteiger partial charge in [0, 0.05) is 23.3 Å². The van der Waals surface area contributed by atoms with Crippen molar-refractivity contribution in [3.63, 3.8) is 0 Å². The Hall–Kier alpha value is -6.17. The van der Waals surface area contributed by atoms with Gasteiger partial charge in [0.2, 0.25) is 0 Å². The van der Waals surface area contributed by atoms with Crippen molar-refractivity contribution in [1.29, 1.82) is 0 Å². The molecule has 22 nitrogen and oxygen atoms in total. The molecule has 23 heteroatoms. The number of thioether (sulfide) groups is 1. The Morgan fingerprint density at radius 2 is 0.952 bits per heavy atom. The van der Waals surface area contributed by atoms with Crippen LogP contribution in [0.2, 0.25) is 0 Å². The molecule has 62 heavy (non-hydrogen) atoms. The average Bonchev–Trinajstić information content (AvgIpc) is 3.24. The maximum Gasteiger partial charge on any atom is 0.338 e. The molecule has 340 valence electrons. The van der Waals surface area contributed by atoms with E-state index >= 15 is 0 Å². The molecule has 3 N–H and O–H groups in total. The lowest BCUT2D eigenvalue weighted by Crippen LogP contribution is -2.57. The van der Waals surface area contributed by atoms with Gasteiger partial charge in [0.05, 0.1) is 44.5 Å². The van der Waals surface area contributed by atoms with E-state index in [-0.39, 0.29) is 48.7 Å². The normalized spacial score (nSPS) is 12.2. The molecular formula is C39H49N3O19S. The van der Waals surface area contributed by atoms with Gasteiger partial charge in [0.1, 0.15) is 58.0 Å². The summed E-state index contributed by atoms with van der Waals surface area (Å²) in [5, 5.41) is 31.5. The fraction of sp³-hybridized carbons (Fsp3) is 0.487.